The van der Waals surface area contributed by atoms with E-state index >= 15 is 0 Å². The van der Waals surface area contributed by atoms with Crippen molar-refractivity contribution in [2.45, 2.75) is 26.6 Å². The molecule has 6 heteroatoms. The van der Waals surface area contributed by atoms with E-state index in [1.54, 1.807) is 24.4 Å². The number of hydrogen-bond donors (Lipinski definition) is 0. The molecule has 126 valence electrons. The van der Waals surface area contributed by atoms with Crippen molar-refractivity contribution >= 4 is 11.6 Å². The number of benzene rings is 1. The summed E-state index contributed by atoms with van der Waals surface area (Å²) >= 11 is 0. The maximum atomic E-state index is 13.0. The average molecular weight is 336 g/mol. The maximum absolute atomic E-state index is 13.0. The number of halogens is 1. The first-order valence-electron chi connectivity index (χ1n) is 8.10. The minimum atomic E-state index is -0.235. The van der Waals surface area contributed by atoms with Gasteiger partial charge in [0.05, 0.1) is 25.0 Å². The molecule has 0 spiro atoms. The lowest BCUT2D eigenvalue weighted by Crippen LogP contribution is -2.18. The third-order valence-corrected chi connectivity index (χ3v) is 4.46. The van der Waals surface area contributed by atoms with Gasteiger partial charge in [-0.1, -0.05) is 12.1 Å². The SMILES string of the molecule is CC(=O)c1ccc(N2Cc3cnn(Cc4ccc(F)cc4)c3C2)nc1. The monoisotopic (exact) mass is 336 g/mol. The van der Waals surface area contributed by atoms with Gasteiger partial charge in [-0.15, -0.1) is 0 Å². The summed E-state index contributed by atoms with van der Waals surface area (Å²) in [6.07, 6.45) is 3.49. The highest BCUT2D eigenvalue weighted by Gasteiger charge is 2.24. The second kappa shape index (κ2) is 6.12. The molecule has 0 unspecified atom stereocenters. The molecule has 0 aliphatic carbocycles. The van der Waals surface area contributed by atoms with Crippen molar-refractivity contribution in [1.82, 2.24) is 14.8 Å². The van der Waals surface area contributed by atoms with Crippen LogP contribution >= 0.6 is 0 Å². The van der Waals surface area contributed by atoms with Crippen LogP contribution in [0.3, 0.4) is 0 Å². The lowest BCUT2D eigenvalue weighted by Gasteiger charge is -2.17. The first-order valence-corrected chi connectivity index (χ1v) is 8.10. The zero-order valence-electron chi connectivity index (χ0n) is 13.8. The zero-order valence-corrected chi connectivity index (χ0v) is 13.8. The number of fused-ring (bicyclic) bond motifs is 1. The summed E-state index contributed by atoms with van der Waals surface area (Å²) in [6.45, 7) is 3.60. The highest BCUT2D eigenvalue weighted by molar-refractivity contribution is 5.93. The van der Waals surface area contributed by atoms with Gasteiger partial charge >= 0.3 is 0 Å². The van der Waals surface area contributed by atoms with Crippen LogP contribution in [-0.4, -0.2) is 20.5 Å². The van der Waals surface area contributed by atoms with Crippen molar-refractivity contribution in [3.8, 4) is 0 Å². The normalized spacial score (nSPS) is 13.1. The molecule has 4 rings (SSSR count). The Bertz CT molecular complexity index is 916. The number of anilines is 1. The first-order chi connectivity index (χ1) is 12.1. The predicted octanol–water partition coefficient (Wildman–Crippen LogP) is 3.19. The molecule has 3 heterocycles. The van der Waals surface area contributed by atoms with Gasteiger partial charge in [0.2, 0.25) is 0 Å². The van der Waals surface area contributed by atoms with Gasteiger partial charge in [-0.3, -0.25) is 9.48 Å². The second-order valence-electron chi connectivity index (χ2n) is 6.22. The second-order valence-corrected chi connectivity index (χ2v) is 6.22. The van der Waals surface area contributed by atoms with E-state index < -0.39 is 0 Å². The van der Waals surface area contributed by atoms with Gasteiger partial charge in [-0.2, -0.15) is 5.10 Å². The molecule has 25 heavy (non-hydrogen) atoms. The molecule has 3 aromatic rings. The Kier molecular flexibility index (Phi) is 3.80. The molecule has 0 atom stereocenters. The van der Waals surface area contributed by atoms with Crippen molar-refractivity contribution in [1.29, 1.82) is 0 Å². The number of aromatic nitrogens is 3. The topological polar surface area (TPSA) is 51.0 Å². The lowest BCUT2D eigenvalue weighted by atomic mass is 10.2. The van der Waals surface area contributed by atoms with Crippen LogP contribution in [0, 0.1) is 5.82 Å². The molecule has 0 bridgehead atoms. The van der Waals surface area contributed by atoms with Crippen molar-refractivity contribution < 1.29 is 9.18 Å². The molecule has 1 aromatic carbocycles. The van der Waals surface area contributed by atoms with Gasteiger partial charge in [0.15, 0.2) is 5.78 Å². The van der Waals surface area contributed by atoms with Crippen LogP contribution in [0.15, 0.2) is 48.8 Å². The molecule has 0 saturated carbocycles. The molecule has 5 nitrogen and oxygen atoms in total. The number of Topliss-reactive ketones (excluding diaryl/α,β-unsaturated/α-hetero) is 1. The molecule has 0 N–H and O–H groups in total. The number of nitrogens with zero attached hydrogens (tertiary/aromatic N) is 4. The summed E-state index contributed by atoms with van der Waals surface area (Å²) in [5.74, 6) is 0.619. The third kappa shape index (κ3) is 3.03. The molecule has 0 saturated heterocycles. The molecule has 0 fully saturated rings. The first kappa shape index (κ1) is 15.5. The number of carbonyl (C=O) groups is 1. The smallest absolute Gasteiger partial charge is 0.161 e. The highest BCUT2D eigenvalue weighted by Crippen LogP contribution is 2.27. The van der Waals surface area contributed by atoms with Crippen LogP contribution in [0.2, 0.25) is 0 Å². The fraction of sp³-hybridized carbons (Fsp3) is 0.211. The average Bonchev–Trinajstić information content (AvgIpc) is 3.19. The summed E-state index contributed by atoms with van der Waals surface area (Å²) in [5, 5.41) is 4.45. The van der Waals surface area contributed by atoms with E-state index in [4.69, 9.17) is 0 Å². The molecule has 0 amide bonds. The van der Waals surface area contributed by atoms with Gasteiger partial charge in [0.1, 0.15) is 11.6 Å². The Morgan fingerprint density at radius 1 is 1.12 bits per heavy atom. The van der Waals surface area contributed by atoms with Gasteiger partial charge in [0.25, 0.3) is 0 Å². The fourth-order valence-electron chi connectivity index (χ4n) is 3.05. The third-order valence-electron chi connectivity index (χ3n) is 4.46. The minimum Gasteiger partial charge on any atom is -0.346 e. The summed E-state index contributed by atoms with van der Waals surface area (Å²) in [7, 11) is 0. The Hall–Kier alpha value is -3.02. The number of hydrogen-bond acceptors (Lipinski definition) is 4. The highest BCUT2D eigenvalue weighted by atomic mass is 19.1. The van der Waals surface area contributed by atoms with E-state index in [0.717, 1.165) is 23.6 Å². The quantitative estimate of drug-likeness (QED) is 0.687. The van der Waals surface area contributed by atoms with Crippen molar-refractivity contribution in [3.05, 3.63) is 77.0 Å². The van der Waals surface area contributed by atoms with Crippen molar-refractivity contribution in [2.24, 2.45) is 0 Å². The number of rotatable bonds is 4. The molecule has 1 aliphatic rings. The van der Waals surface area contributed by atoms with E-state index in [1.807, 2.05) is 16.9 Å². The summed E-state index contributed by atoms with van der Waals surface area (Å²) in [4.78, 5) is 17.9. The Labute approximate surface area is 144 Å². The van der Waals surface area contributed by atoms with E-state index in [-0.39, 0.29) is 11.6 Å². The molecular formula is C19H17FN4O. The minimum absolute atomic E-state index is 0.0127. The van der Waals surface area contributed by atoms with Gasteiger partial charge < -0.3 is 4.90 Å². The standard InChI is InChI=1S/C19H17FN4O/c1-13(25)15-4-7-19(21-8-15)23-11-16-9-22-24(18(16)12-23)10-14-2-5-17(20)6-3-14/h2-9H,10-12H2,1H3. The van der Waals surface area contributed by atoms with Crippen LogP contribution in [0.4, 0.5) is 10.2 Å². The number of carbonyl (C=O) groups excluding carboxylic acids is 1. The Morgan fingerprint density at radius 3 is 2.60 bits per heavy atom. The Morgan fingerprint density at radius 2 is 1.92 bits per heavy atom. The largest absolute Gasteiger partial charge is 0.346 e. The molecule has 1 aliphatic heterocycles. The van der Waals surface area contributed by atoms with E-state index in [1.165, 1.54) is 24.6 Å². The van der Waals surface area contributed by atoms with Crippen molar-refractivity contribution in [2.75, 3.05) is 4.90 Å². The molecular weight excluding hydrogens is 319 g/mol. The summed E-state index contributed by atoms with van der Waals surface area (Å²) in [6, 6.07) is 10.2. The Balaban J connectivity index is 1.52. The van der Waals surface area contributed by atoms with Crippen molar-refractivity contribution in [3.63, 3.8) is 0 Å². The van der Waals surface area contributed by atoms with Crippen LogP contribution in [0.5, 0.6) is 0 Å². The summed E-state index contributed by atoms with van der Waals surface area (Å²) < 4.78 is 15.0. The summed E-state index contributed by atoms with van der Waals surface area (Å²) in [5.41, 5.74) is 3.93. The number of ketones is 1. The fourth-order valence-corrected chi connectivity index (χ4v) is 3.05. The van der Waals surface area contributed by atoms with Gasteiger partial charge in [0, 0.05) is 23.9 Å². The van der Waals surface area contributed by atoms with Gasteiger partial charge in [-0.05, 0) is 36.8 Å². The predicted molar refractivity (Wildman–Crippen MR) is 91.9 cm³/mol. The van der Waals surface area contributed by atoms with E-state index in [0.29, 0.717) is 18.7 Å². The molecule has 2 aromatic heterocycles. The number of pyridine rings is 1. The van der Waals surface area contributed by atoms with Crippen LogP contribution in [-0.2, 0) is 19.6 Å². The van der Waals surface area contributed by atoms with Crippen LogP contribution in [0.1, 0.15) is 34.1 Å². The lowest BCUT2D eigenvalue weighted by molar-refractivity contribution is 0.101. The maximum Gasteiger partial charge on any atom is 0.161 e. The zero-order chi connectivity index (χ0) is 17.4. The van der Waals surface area contributed by atoms with Crippen LogP contribution in [0.25, 0.3) is 0 Å². The van der Waals surface area contributed by atoms with Gasteiger partial charge in [-0.25, -0.2) is 9.37 Å². The van der Waals surface area contributed by atoms with E-state index in [2.05, 4.69) is 15.0 Å². The van der Waals surface area contributed by atoms with Crippen LogP contribution < -0.4 is 4.90 Å². The van der Waals surface area contributed by atoms with E-state index in [9.17, 15) is 9.18 Å². The molecule has 0 radical (unpaired) electrons.